The molecule has 8 heteroatoms. The molecule has 2 N–H and O–H groups in total. The first-order valence-corrected chi connectivity index (χ1v) is 8.09. The van der Waals surface area contributed by atoms with Gasteiger partial charge in [0.1, 0.15) is 11.6 Å². The molecule has 22 heavy (non-hydrogen) atoms. The number of benzene rings is 1. The average Bonchev–Trinajstić information content (AvgIpc) is 2.54. The van der Waals surface area contributed by atoms with Gasteiger partial charge in [-0.1, -0.05) is 19.1 Å². The zero-order chi connectivity index (χ0) is 16.3. The van der Waals surface area contributed by atoms with Crippen LogP contribution in [0.5, 0.6) is 5.75 Å². The molecule has 0 radical (unpaired) electrons. The highest BCUT2D eigenvalue weighted by Crippen LogP contribution is 2.23. The minimum Gasteiger partial charge on any atom is -0.496 e. The molecule has 0 bridgehead atoms. The Morgan fingerprint density at radius 1 is 1.27 bits per heavy atom. The minimum atomic E-state index is -3.58. The Hall–Kier alpha value is -2.48. The van der Waals surface area contributed by atoms with Crippen molar-refractivity contribution >= 4 is 21.4 Å². The molecule has 0 saturated heterocycles. The van der Waals surface area contributed by atoms with Crippen molar-refractivity contribution < 1.29 is 17.9 Å². The van der Waals surface area contributed by atoms with Crippen molar-refractivity contribution in [1.82, 2.24) is 9.97 Å². The summed E-state index contributed by atoms with van der Waals surface area (Å²) in [5, 5.41) is -0.385. The number of nitrogen functional groups attached to an aromatic ring is 1. The number of aromatic nitrogens is 2. The normalized spacial score (nSPS) is 11.2. The van der Waals surface area contributed by atoms with Gasteiger partial charge in [0, 0.05) is 6.20 Å². The summed E-state index contributed by atoms with van der Waals surface area (Å²) in [7, 11) is -2.13. The Morgan fingerprint density at radius 2 is 1.95 bits per heavy atom. The number of ether oxygens (including phenoxy) is 1. The van der Waals surface area contributed by atoms with Crippen molar-refractivity contribution in [2.75, 3.05) is 18.6 Å². The SMILES string of the molecule is CCS(=O)(=O)c1ncc(C(=O)c2ccccc2OC)c(N)n1. The van der Waals surface area contributed by atoms with Crippen LogP contribution in [0, 0.1) is 0 Å². The smallest absolute Gasteiger partial charge is 0.249 e. The molecule has 2 aromatic rings. The van der Waals surface area contributed by atoms with Gasteiger partial charge in [-0.25, -0.2) is 18.4 Å². The second-order valence-corrected chi connectivity index (χ2v) is 6.56. The number of nitrogens with two attached hydrogens (primary N) is 1. The summed E-state index contributed by atoms with van der Waals surface area (Å²) >= 11 is 0. The van der Waals surface area contributed by atoms with Crippen LogP contribution < -0.4 is 10.5 Å². The van der Waals surface area contributed by atoms with Crippen LogP contribution >= 0.6 is 0 Å². The van der Waals surface area contributed by atoms with Crippen LogP contribution in [0.3, 0.4) is 0 Å². The zero-order valence-corrected chi connectivity index (χ0v) is 12.9. The van der Waals surface area contributed by atoms with Gasteiger partial charge in [-0.2, -0.15) is 0 Å². The Kier molecular flexibility index (Phi) is 4.41. The second kappa shape index (κ2) is 6.10. The minimum absolute atomic E-state index is 0.0274. The lowest BCUT2D eigenvalue weighted by Gasteiger charge is -2.09. The molecular formula is C14H15N3O4S. The first kappa shape index (κ1) is 15.9. The van der Waals surface area contributed by atoms with E-state index >= 15 is 0 Å². The zero-order valence-electron chi connectivity index (χ0n) is 12.1. The van der Waals surface area contributed by atoms with E-state index in [2.05, 4.69) is 9.97 Å². The van der Waals surface area contributed by atoms with Gasteiger partial charge < -0.3 is 10.5 Å². The monoisotopic (exact) mass is 321 g/mol. The number of sulfone groups is 1. The standard InChI is InChI=1S/C14H15N3O4S/c1-3-22(19,20)14-16-8-10(13(15)17-14)12(18)9-6-4-5-7-11(9)21-2/h4-8H,3H2,1-2H3,(H2,15,16,17). The van der Waals surface area contributed by atoms with E-state index in [-0.39, 0.29) is 22.3 Å². The maximum atomic E-state index is 12.5. The Balaban J connectivity index is 2.48. The van der Waals surface area contributed by atoms with Crippen LogP contribution in [0.15, 0.2) is 35.6 Å². The molecule has 0 fully saturated rings. The molecule has 0 spiro atoms. The summed E-state index contributed by atoms with van der Waals surface area (Å²) < 4.78 is 28.6. The topological polar surface area (TPSA) is 112 Å². The van der Waals surface area contributed by atoms with E-state index in [9.17, 15) is 13.2 Å². The van der Waals surface area contributed by atoms with E-state index in [4.69, 9.17) is 10.5 Å². The molecule has 2 rings (SSSR count). The molecule has 1 aromatic heterocycles. The van der Waals surface area contributed by atoms with Crippen molar-refractivity contribution in [1.29, 1.82) is 0 Å². The van der Waals surface area contributed by atoms with E-state index in [0.29, 0.717) is 11.3 Å². The van der Waals surface area contributed by atoms with Crippen molar-refractivity contribution in [3.63, 3.8) is 0 Å². The number of rotatable bonds is 5. The summed E-state index contributed by atoms with van der Waals surface area (Å²) in [6.07, 6.45) is 1.12. The van der Waals surface area contributed by atoms with Gasteiger partial charge >= 0.3 is 0 Å². The molecule has 7 nitrogen and oxygen atoms in total. The summed E-state index contributed by atoms with van der Waals surface area (Å²) in [5.41, 5.74) is 6.05. The molecule has 0 atom stereocenters. The van der Waals surface area contributed by atoms with Crippen LogP contribution in [-0.2, 0) is 9.84 Å². The van der Waals surface area contributed by atoms with Crippen molar-refractivity contribution in [2.24, 2.45) is 0 Å². The van der Waals surface area contributed by atoms with E-state index in [0.717, 1.165) is 6.20 Å². The van der Waals surface area contributed by atoms with Gasteiger partial charge in [-0.05, 0) is 12.1 Å². The summed E-state index contributed by atoms with van der Waals surface area (Å²) in [4.78, 5) is 20.0. The van der Waals surface area contributed by atoms with E-state index in [1.807, 2.05) is 0 Å². The molecule has 1 aromatic carbocycles. The number of anilines is 1. The predicted octanol–water partition coefficient (Wildman–Crippen LogP) is 1.09. The fraction of sp³-hybridized carbons (Fsp3) is 0.214. The number of carbonyl (C=O) groups is 1. The lowest BCUT2D eigenvalue weighted by atomic mass is 10.0. The molecule has 0 unspecified atom stereocenters. The van der Waals surface area contributed by atoms with Crippen molar-refractivity contribution in [3.8, 4) is 5.75 Å². The highest BCUT2D eigenvalue weighted by atomic mass is 32.2. The van der Waals surface area contributed by atoms with E-state index in [1.165, 1.54) is 14.0 Å². The molecule has 0 saturated carbocycles. The molecule has 0 aliphatic heterocycles. The van der Waals surface area contributed by atoms with E-state index < -0.39 is 15.6 Å². The van der Waals surface area contributed by atoms with Gasteiger partial charge in [0.05, 0.1) is 24.0 Å². The maximum Gasteiger partial charge on any atom is 0.249 e. The lowest BCUT2D eigenvalue weighted by molar-refractivity contribution is 0.103. The Morgan fingerprint density at radius 3 is 2.55 bits per heavy atom. The van der Waals surface area contributed by atoms with Crippen LogP contribution in [0.2, 0.25) is 0 Å². The third kappa shape index (κ3) is 2.91. The van der Waals surface area contributed by atoms with Gasteiger partial charge in [-0.15, -0.1) is 0 Å². The molecule has 116 valence electrons. The van der Waals surface area contributed by atoms with E-state index in [1.54, 1.807) is 24.3 Å². The predicted molar refractivity (Wildman–Crippen MR) is 80.6 cm³/mol. The Labute approximate surface area is 128 Å². The lowest BCUT2D eigenvalue weighted by Crippen LogP contribution is -2.14. The van der Waals surface area contributed by atoms with Gasteiger partial charge in [-0.3, -0.25) is 4.79 Å². The summed E-state index contributed by atoms with van der Waals surface area (Å²) in [5.74, 6) is -0.378. The first-order chi connectivity index (χ1) is 10.4. The molecular weight excluding hydrogens is 306 g/mol. The number of carbonyl (C=O) groups excluding carboxylic acids is 1. The van der Waals surface area contributed by atoms with Crippen LogP contribution in [0.25, 0.3) is 0 Å². The number of hydrogen-bond donors (Lipinski definition) is 1. The van der Waals surface area contributed by atoms with Gasteiger partial charge in [0.25, 0.3) is 0 Å². The Bertz CT molecular complexity index is 819. The van der Waals surface area contributed by atoms with Crippen LogP contribution in [0.4, 0.5) is 5.82 Å². The fourth-order valence-corrected chi connectivity index (χ4v) is 2.52. The van der Waals surface area contributed by atoms with Gasteiger partial charge in [0.15, 0.2) is 0 Å². The van der Waals surface area contributed by atoms with Crippen molar-refractivity contribution in [3.05, 3.63) is 41.6 Å². The van der Waals surface area contributed by atoms with Crippen LogP contribution in [0.1, 0.15) is 22.8 Å². The maximum absolute atomic E-state index is 12.5. The average molecular weight is 321 g/mol. The fourth-order valence-electron chi connectivity index (χ4n) is 1.81. The second-order valence-electron chi connectivity index (χ2n) is 4.38. The quantitative estimate of drug-likeness (QED) is 0.648. The van der Waals surface area contributed by atoms with Crippen molar-refractivity contribution in [2.45, 2.75) is 12.1 Å². The molecule has 0 aliphatic rings. The van der Waals surface area contributed by atoms with Gasteiger partial charge in [0.2, 0.25) is 20.8 Å². The third-order valence-corrected chi connectivity index (χ3v) is 4.56. The number of ketones is 1. The number of methoxy groups -OCH3 is 1. The summed E-state index contributed by atoms with van der Waals surface area (Å²) in [6, 6.07) is 6.63. The number of nitrogens with zero attached hydrogens (tertiary/aromatic N) is 2. The highest BCUT2D eigenvalue weighted by Gasteiger charge is 2.21. The summed E-state index contributed by atoms with van der Waals surface area (Å²) in [6.45, 7) is 1.47. The largest absolute Gasteiger partial charge is 0.496 e. The number of hydrogen-bond acceptors (Lipinski definition) is 7. The highest BCUT2D eigenvalue weighted by molar-refractivity contribution is 7.91. The molecule has 1 heterocycles. The number of para-hydroxylation sites is 1. The van der Waals surface area contributed by atoms with Crippen LogP contribution in [-0.4, -0.2) is 37.0 Å². The molecule has 0 amide bonds. The first-order valence-electron chi connectivity index (χ1n) is 6.43. The third-order valence-electron chi connectivity index (χ3n) is 3.05. The molecule has 0 aliphatic carbocycles.